The number of nitrogens with one attached hydrogen (secondary N) is 2. The number of aromatic hydroxyl groups is 2. The largest absolute Gasteiger partial charge is 0.504 e. The summed E-state index contributed by atoms with van der Waals surface area (Å²) in [6.45, 7) is 0. The van der Waals surface area contributed by atoms with E-state index >= 15 is 0 Å². The Balaban J connectivity index is 1.75. The van der Waals surface area contributed by atoms with Gasteiger partial charge in [0, 0.05) is 11.6 Å². The fourth-order valence-electron chi connectivity index (χ4n) is 3.87. The predicted molar refractivity (Wildman–Crippen MR) is 88.3 cm³/mol. The van der Waals surface area contributed by atoms with Gasteiger partial charge in [0.1, 0.15) is 6.04 Å². The summed E-state index contributed by atoms with van der Waals surface area (Å²) in [4.78, 5) is 11.6. The highest BCUT2D eigenvalue weighted by atomic mass is 16.4. The number of carbonyl (C=O) groups is 1. The van der Waals surface area contributed by atoms with Crippen molar-refractivity contribution in [2.75, 3.05) is 5.32 Å². The van der Waals surface area contributed by atoms with Crippen molar-refractivity contribution in [3.8, 4) is 11.5 Å². The van der Waals surface area contributed by atoms with E-state index < -0.39 is 12.0 Å². The Morgan fingerprint density at radius 3 is 2.62 bits per heavy atom. The number of carboxylic acid groups (broad SMARTS) is 1. The highest BCUT2D eigenvalue weighted by Crippen LogP contribution is 2.46. The number of anilines is 1. The van der Waals surface area contributed by atoms with Crippen LogP contribution in [0.2, 0.25) is 0 Å². The lowest BCUT2D eigenvalue weighted by Gasteiger charge is -2.38. The van der Waals surface area contributed by atoms with Gasteiger partial charge in [-0.2, -0.15) is 0 Å². The minimum Gasteiger partial charge on any atom is -0.504 e. The lowest BCUT2D eigenvalue weighted by molar-refractivity contribution is -0.140. The summed E-state index contributed by atoms with van der Waals surface area (Å²) in [7, 11) is 0. The van der Waals surface area contributed by atoms with Crippen molar-refractivity contribution >= 4 is 11.7 Å². The first-order valence-electron chi connectivity index (χ1n) is 7.91. The van der Waals surface area contributed by atoms with Crippen molar-refractivity contribution < 1.29 is 20.1 Å². The number of aliphatic carboxylic acids is 1. The molecule has 24 heavy (non-hydrogen) atoms. The molecule has 2 aromatic rings. The molecule has 4 rings (SSSR count). The fourth-order valence-corrected chi connectivity index (χ4v) is 3.87. The zero-order valence-electron chi connectivity index (χ0n) is 12.8. The van der Waals surface area contributed by atoms with E-state index in [2.05, 4.69) is 10.6 Å². The van der Waals surface area contributed by atoms with E-state index in [1.807, 2.05) is 24.3 Å². The molecule has 6 nitrogen and oxygen atoms in total. The predicted octanol–water partition coefficient (Wildman–Crippen LogP) is 2.16. The number of piperidine rings is 1. The number of benzene rings is 2. The number of rotatable bonds is 2. The number of hydrogen-bond acceptors (Lipinski definition) is 5. The summed E-state index contributed by atoms with van der Waals surface area (Å²) >= 11 is 0. The number of fused-ring (bicyclic) bond motifs is 3. The van der Waals surface area contributed by atoms with Crippen molar-refractivity contribution in [2.24, 2.45) is 0 Å². The second-order valence-corrected chi connectivity index (χ2v) is 6.38. The molecule has 2 aromatic carbocycles. The Bertz CT molecular complexity index is 807. The standard InChI is InChI=1S/C18H18N2O4/c21-14-6-5-9(7-15(14)22)16-17-11(8-13(20-16)18(23)24)10-3-1-2-4-12(10)19-17/h1-7,11,13,16-17,19-22H,8H2,(H,23,24). The maximum absolute atomic E-state index is 11.6. The average molecular weight is 326 g/mol. The van der Waals surface area contributed by atoms with Crippen molar-refractivity contribution in [2.45, 2.75) is 30.5 Å². The van der Waals surface area contributed by atoms with Crippen LogP contribution < -0.4 is 10.6 Å². The van der Waals surface area contributed by atoms with Crippen LogP contribution in [0, 0.1) is 0 Å². The van der Waals surface area contributed by atoms with Gasteiger partial charge in [0.25, 0.3) is 0 Å². The topological polar surface area (TPSA) is 102 Å². The number of para-hydroxylation sites is 1. The molecule has 0 saturated carbocycles. The van der Waals surface area contributed by atoms with Gasteiger partial charge in [0.15, 0.2) is 11.5 Å². The number of phenolic OH excluding ortho intramolecular Hbond substituents is 2. The summed E-state index contributed by atoms with van der Waals surface area (Å²) in [5.41, 5.74) is 2.89. The molecule has 4 unspecified atom stereocenters. The minimum atomic E-state index is -0.883. The van der Waals surface area contributed by atoms with Gasteiger partial charge in [-0.15, -0.1) is 0 Å². The van der Waals surface area contributed by atoms with Gasteiger partial charge in [0.05, 0.1) is 12.1 Å². The molecule has 5 N–H and O–H groups in total. The summed E-state index contributed by atoms with van der Waals surface area (Å²) in [5, 5.41) is 35.5. The van der Waals surface area contributed by atoms with Crippen LogP contribution in [0.3, 0.4) is 0 Å². The molecule has 124 valence electrons. The van der Waals surface area contributed by atoms with Crippen molar-refractivity contribution in [3.05, 3.63) is 53.6 Å². The molecule has 0 radical (unpaired) electrons. The van der Waals surface area contributed by atoms with Gasteiger partial charge in [-0.25, -0.2) is 0 Å². The fraction of sp³-hybridized carbons (Fsp3) is 0.278. The van der Waals surface area contributed by atoms with Crippen LogP contribution in [-0.4, -0.2) is 33.4 Å². The van der Waals surface area contributed by atoms with Crippen molar-refractivity contribution in [3.63, 3.8) is 0 Å². The Hall–Kier alpha value is -2.73. The third-order valence-electron chi connectivity index (χ3n) is 5.00. The lowest BCUT2D eigenvalue weighted by atomic mass is 9.79. The van der Waals surface area contributed by atoms with E-state index in [1.165, 1.54) is 12.1 Å². The van der Waals surface area contributed by atoms with Crippen molar-refractivity contribution in [1.82, 2.24) is 5.32 Å². The first-order valence-corrected chi connectivity index (χ1v) is 7.91. The van der Waals surface area contributed by atoms with Gasteiger partial charge in [0.2, 0.25) is 0 Å². The van der Waals surface area contributed by atoms with Gasteiger partial charge >= 0.3 is 5.97 Å². The van der Waals surface area contributed by atoms with Crippen LogP contribution in [0.25, 0.3) is 0 Å². The molecule has 0 amide bonds. The smallest absolute Gasteiger partial charge is 0.320 e. The molecule has 4 atom stereocenters. The Morgan fingerprint density at radius 2 is 1.88 bits per heavy atom. The molecular formula is C18H18N2O4. The molecule has 0 aromatic heterocycles. The van der Waals surface area contributed by atoms with Crippen LogP contribution in [0.1, 0.15) is 29.5 Å². The van der Waals surface area contributed by atoms with Gasteiger partial charge in [-0.05, 0) is 35.7 Å². The zero-order chi connectivity index (χ0) is 16.8. The van der Waals surface area contributed by atoms with E-state index in [0.717, 1.165) is 16.8 Å². The molecule has 2 aliphatic rings. The number of carboxylic acids is 1. The molecule has 0 aliphatic carbocycles. The summed E-state index contributed by atoms with van der Waals surface area (Å²) in [5.74, 6) is -1.21. The maximum Gasteiger partial charge on any atom is 0.320 e. The normalized spacial score (nSPS) is 27.8. The third-order valence-corrected chi connectivity index (χ3v) is 5.00. The van der Waals surface area contributed by atoms with Crippen LogP contribution >= 0.6 is 0 Å². The first kappa shape index (κ1) is 14.8. The van der Waals surface area contributed by atoms with E-state index in [4.69, 9.17) is 0 Å². The highest BCUT2D eigenvalue weighted by molar-refractivity contribution is 5.75. The van der Waals surface area contributed by atoms with Crippen LogP contribution in [0.4, 0.5) is 5.69 Å². The molecule has 2 heterocycles. The van der Waals surface area contributed by atoms with E-state index in [0.29, 0.717) is 6.42 Å². The molecular weight excluding hydrogens is 308 g/mol. The average Bonchev–Trinajstić information content (AvgIpc) is 2.95. The SMILES string of the molecule is O=C(O)C1CC2c3ccccc3NC2C(c2ccc(O)c(O)c2)N1. The first-order chi connectivity index (χ1) is 11.5. The second-order valence-electron chi connectivity index (χ2n) is 6.38. The second kappa shape index (κ2) is 5.42. The Labute approximate surface area is 138 Å². The molecule has 0 bridgehead atoms. The van der Waals surface area contributed by atoms with Crippen molar-refractivity contribution in [1.29, 1.82) is 0 Å². The van der Waals surface area contributed by atoms with Crippen LogP contribution in [0.15, 0.2) is 42.5 Å². The van der Waals surface area contributed by atoms with Gasteiger partial charge < -0.3 is 20.6 Å². The monoisotopic (exact) mass is 326 g/mol. The van der Waals surface area contributed by atoms with E-state index in [1.54, 1.807) is 6.07 Å². The van der Waals surface area contributed by atoms with Gasteiger partial charge in [-0.3, -0.25) is 10.1 Å². The van der Waals surface area contributed by atoms with E-state index in [9.17, 15) is 20.1 Å². The quantitative estimate of drug-likeness (QED) is 0.542. The zero-order valence-corrected chi connectivity index (χ0v) is 12.8. The highest BCUT2D eigenvalue weighted by Gasteiger charge is 2.45. The van der Waals surface area contributed by atoms with E-state index in [-0.39, 0.29) is 29.5 Å². The summed E-state index contributed by atoms with van der Waals surface area (Å²) in [6, 6.07) is 11.6. The Morgan fingerprint density at radius 1 is 1.08 bits per heavy atom. The summed E-state index contributed by atoms with van der Waals surface area (Å²) < 4.78 is 0. The minimum absolute atomic E-state index is 0.0121. The number of hydrogen-bond donors (Lipinski definition) is 5. The number of phenols is 2. The Kier molecular flexibility index (Phi) is 3.35. The maximum atomic E-state index is 11.6. The summed E-state index contributed by atoms with van der Waals surface area (Å²) in [6.07, 6.45) is 0.505. The molecule has 1 fully saturated rings. The molecule has 2 aliphatic heterocycles. The molecule has 0 spiro atoms. The lowest BCUT2D eigenvalue weighted by Crippen LogP contribution is -2.52. The van der Waals surface area contributed by atoms with Crippen LogP contribution in [-0.2, 0) is 4.79 Å². The van der Waals surface area contributed by atoms with Gasteiger partial charge in [-0.1, -0.05) is 24.3 Å². The molecule has 6 heteroatoms. The van der Waals surface area contributed by atoms with Crippen LogP contribution in [0.5, 0.6) is 11.5 Å². The molecule has 1 saturated heterocycles. The third kappa shape index (κ3) is 2.27.